The molecule has 0 atom stereocenters. The number of hydrogen-bond acceptors (Lipinski definition) is 3. The molecule has 0 bridgehead atoms. The third-order valence-corrected chi connectivity index (χ3v) is 3.43. The van der Waals surface area contributed by atoms with Gasteiger partial charge in [-0.05, 0) is 30.2 Å². The summed E-state index contributed by atoms with van der Waals surface area (Å²) in [6.07, 6.45) is 0.732. The summed E-state index contributed by atoms with van der Waals surface area (Å²) in [6, 6.07) is 14.3. The van der Waals surface area contributed by atoms with Crippen molar-refractivity contribution in [1.82, 2.24) is 10.6 Å². The molecule has 23 heavy (non-hydrogen) atoms. The van der Waals surface area contributed by atoms with E-state index in [1.54, 1.807) is 25.3 Å². The van der Waals surface area contributed by atoms with Gasteiger partial charge in [0.05, 0.1) is 13.7 Å². The zero-order valence-corrected chi connectivity index (χ0v) is 13.1. The molecule has 0 fully saturated rings. The lowest BCUT2D eigenvalue weighted by molar-refractivity contribution is -0.120. The molecule has 0 aliphatic carbocycles. The van der Waals surface area contributed by atoms with Gasteiger partial charge in [-0.1, -0.05) is 30.3 Å². The minimum Gasteiger partial charge on any atom is -0.497 e. The summed E-state index contributed by atoms with van der Waals surface area (Å²) in [5.74, 6) is 0.433. The SMILES string of the molecule is COc1cccc(CCNC(=O)CNCc2ccccc2F)c1. The second-order valence-electron chi connectivity index (χ2n) is 5.15. The van der Waals surface area contributed by atoms with Gasteiger partial charge < -0.3 is 15.4 Å². The number of halogens is 1. The van der Waals surface area contributed by atoms with Crippen LogP contribution < -0.4 is 15.4 Å². The fourth-order valence-electron chi connectivity index (χ4n) is 2.19. The van der Waals surface area contributed by atoms with Crippen molar-refractivity contribution in [3.8, 4) is 5.75 Å². The maximum absolute atomic E-state index is 13.4. The van der Waals surface area contributed by atoms with Gasteiger partial charge in [-0.25, -0.2) is 4.39 Å². The first-order chi connectivity index (χ1) is 11.2. The van der Waals surface area contributed by atoms with Gasteiger partial charge >= 0.3 is 0 Å². The van der Waals surface area contributed by atoms with Gasteiger partial charge in [-0.3, -0.25) is 4.79 Å². The van der Waals surface area contributed by atoms with Crippen LogP contribution in [0.2, 0.25) is 0 Å². The van der Waals surface area contributed by atoms with Crippen molar-refractivity contribution in [3.63, 3.8) is 0 Å². The molecule has 0 radical (unpaired) electrons. The second-order valence-corrected chi connectivity index (χ2v) is 5.15. The van der Waals surface area contributed by atoms with Gasteiger partial charge in [0.25, 0.3) is 0 Å². The Hall–Kier alpha value is -2.40. The first kappa shape index (κ1) is 17.0. The van der Waals surface area contributed by atoms with Crippen LogP contribution in [0.1, 0.15) is 11.1 Å². The Bertz CT molecular complexity index is 646. The van der Waals surface area contributed by atoms with Crippen LogP contribution in [0, 0.1) is 5.82 Å². The fraction of sp³-hybridized carbons (Fsp3) is 0.278. The van der Waals surface area contributed by atoms with E-state index in [2.05, 4.69) is 10.6 Å². The molecule has 0 heterocycles. The molecule has 2 rings (SSSR count). The van der Waals surface area contributed by atoms with Crippen LogP contribution in [-0.4, -0.2) is 26.1 Å². The predicted molar refractivity (Wildman–Crippen MR) is 87.8 cm³/mol. The molecule has 1 amide bonds. The van der Waals surface area contributed by atoms with Crippen molar-refractivity contribution < 1.29 is 13.9 Å². The fourth-order valence-corrected chi connectivity index (χ4v) is 2.19. The maximum Gasteiger partial charge on any atom is 0.233 e. The van der Waals surface area contributed by atoms with E-state index in [1.165, 1.54) is 6.07 Å². The standard InChI is InChI=1S/C18H21FN2O2/c1-23-16-7-4-5-14(11-16)9-10-21-18(22)13-20-12-15-6-2-3-8-17(15)19/h2-8,11,20H,9-10,12-13H2,1H3,(H,21,22). The normalized spacial score (nSPS) is 10.3. The molecule has 2 aromatic carbocycles. The largest absolute Gasteiger partial charge is 0.497 e. The Kier molecular flexibility index (Phi) is 6.56. The molecule has 0 aromatic heterocycles. The van der Waals surface area contributed by atoms with E-state index in [-0.39, 0.29) is 18.3 Å². The van der Waals surface area contributed by atoms with E-state index in [9.17, 15) is 9.18 Å². The van der Waals surface area contributed by atoms with Crippen LogP contribution in [0.15, 0.2) is 48.5 Å². The van der Waals surface area contributed by atoms with Crippen LogP contribution in [0.4, 0.5) is 4.39 Å². The number of rotatable bonds is 8. The molecule has 5 heteroatoms. The number of hydrogen-bond donors (Lipinski definition) is 2. The van der Waals surface area contributed by atoms with Crippen molar-refractivity contribution in [2.45, 2.75) is 13.0 Å². The highest BCUT2D eigenvalue weighted by Crippen LogP contribution is 2.12. The summed E-state index contributed by atoms with van der Waals surface area (Å²) in [5.41, 5.74) is 1.65. The van der Waals surface area contributed by atoms with Crippen LogP contribution >= 0.6 is 0 Å². The minimum atomic E-state index is -0.265. The van der Waals surface area contributed by atoms with Crippen LogP contribution in [0.3, 0.4) is 0 Å². The Morgan fingerprint density at radius 3 is 2.78 bits per heavy atom. The smallest absolute Gasteiger partial charge is 0.233 e. The lowest BCUT2D eigenvalue weighted by atomic mass is 10.1. The van der Waals surface area contributed by atoms with Gasteiger partial charge in [-0.15, -0.1) is 0 Å². The van der Waals surface area contributed by atoms with Gasteiger partial charge in [0, 0.05) is 18.7 Å². The summed E-state index contributed by atoms with van der Waals surface area (Å²) < 4.78 is 18.6. The van der Waals surface area contributed by atoms with E-state index in [0.29, 0.717) is 18.7 Å². The number of carbonyl (C=O) groups is 1. The van der Waals surface area contributed by atoms with E-state index in [4.69, 9.17) is 4.74 Å². The Labute approximate surface area is 135 Å². The van der Waals surface area contributed by atoms with E-state index in [0.717, 1.165) is 17.7 Å². The molecule has 122 valence electrons. The lowest BCUT2D eigenvalue weighted by Gasteiger charge is -2.08. The molecule has 0 aliphatic heterocycles. The number of amides is 1. The molecule has 0 spiro atoms. The topological polar surface area (TPSA) is 50.4 Å². The highest BCUT2D eigenvalue weighted by atomic mass is 19.1. The van der Waals surface area contributed by atoms with Gasteiger partial charge in [0.2, 0.25) is 5.91 Å². The van der Waals surface area contributed by atoms with Crippen molar-refractivity contribution in [2.24, 2.45) is 0 Å². The third-order valence-electron chi connectivity index (χ3n) is 3.43. The predicted octanol–water partition coefficient (Wildman–Crippen LogP) is 2.28. The number of benzene rings is 2. The average molecular weight is 316 g/mol. The van der Waals surface area contributed by atoms with E-state index in [1.807, 2.05) is 24.3 Å². The van der Waals surface area contributed by atoms with Crippen LogP contribution in [0.25, 0.3) is 0 Å². The maximum atomic E-state index is 13.4. The summed E-state index contributed by atoms with van der Waals surface area (Å²) in [4.78, 5) is 11.7. The first-order valence-corrected chi connectivity index (χ1v) is 7.53. The van der Waals surface area contributed by atoms with Gasteiger partial charge in [-0.2, -0.15) is 0 Å². The first-order valence-electron chi connectivity index (χ1n) is 7.53. The molecule has 0 saturated heterocycles. The van der Waals surface area contributed by atoms with Gasteiger partial charge in [0.15, 0.2) is 0 Å². The number of ether oxygens (including phenoxy) is 1. The van der Waals surface area contributed by atoms with E-state index < -0.39 is 0 Å². The Balaban J connectivity index is 1.66. The van der Waals surface area contributed by atoms with Crippen LogP contribution in [-0.2, 0) is 17.8 Å². The second kappa shape index (κ2) is 8.90. The lowest BCUT2D eigenvalue weighted by Crippen LogP contribution is -2.34. The zero-order valence-electron chi connectivity index (χ0n) is 13.1. The highest BCUT2D eigenvalue weighted by Gasteiger charge is 2.03. The highest BCUT2D eigenvalue weighted by molar-refractivity contribution is 5.77. The van der Waals surface area contributed by atoms with Crippen molar-refractivity contribution in [3.05, 3.63) is 65.5 Å². The number of carbonyl (C=O) groups excluding carboxylic acids is 1. The van der Waals surface area contributed by atoms with Crippen molar-refractivity contribution in [2.75, 3.05) is 20.2 Å². The third kappa shape index (κ3) is 5.71. The van der Waals surface area contributed by atoms with Crippen molar-refractivity contribution in [1.29, 1.82) is 0 Å². The summed E-state index contributed by atoms with van der Waals surface area (Å²) in [6.45, 7) is 1.04. The average Bonchev–Trinajstić information content (AvgIpc) is 2.57. The molecule has 0 aliphatic rings. The summed E-state index contributed by atoms with van der Waals surface area (Å²) in [7, 11) is 1.63. The van der Waals surface area contributed by atoms with Gasteiger partial charge in [0.1, 0.15) is 11.6 Å². The zero-order chi connectivity index (χ0) is 16.5. The summed E-state index contributed by atoms with van der Waals surface area (Å²) >= 11 is 0. The summed E-state index contributed by atoms with van der Waals surface area (Å²) in [5, 5.41) is 5.77. The Morgan fingerprint density at radius 1 is 1.17 bits per heavy atom. The Morgan fingerprint density at radius 2 is 2.00 bits per heavy atom. The monoisotopic (exact) mass is 316 g/mol. The molecule has 2 N–H and O–H groups in total. The number of methoxy groups -OCH3 is 1. The molecular formula is C18H21FN2O2. The van der Waals surface area contributed by atoms with E-state index >= 15 is 0 Å². The van der Waals surface area contributed by atoms with Crippen LogP contribution in [0.5, 0.6) is 5.75 Å². The van der Waals surface area contributed by atoms with Crippen molar-refractivity contribution >= 4 is 5.91 Å². The minimum absolute atomic E-state index is 0.107. The molecular weight excluding hydrogens is 295 g/mol. The molecule has 0 saturated carbocycles. The molecule has 4 nitrogen and oxygen atoms in total. The quantitative estimate of drug-likeness (QED) is 0.785. The number of nitrogens with one attached hydrogen (secondary N) is 2. The molecule has 0 unspecified atom stereocenters. The molecule has 2 aromatic rings.